The molecule has 3 unspecified atom stereocenters. The molecule has 282 valence electrons. The van der Waals surface area contributed by atoms with Crippen molar-refractivity contribution in [3.63, 3.8) is 0 Å². The highest BCUT2D eigenvalue weighted by Gasteiger charge is 2.85. The zero-order chi connectivity index (χ0) is 35.1. The Hall–Kier alpha value is 1.000. The predicted molar refractivity (Wildman–Crippen MR) is 194 cm³/mol. The first-order valence-corrected chi connectivity index (χ1v) is 19.7. The molecule has 5 aliphatic carbocycles. The van der Waals surface area contributed by atoms with Crippen LogP contribution >= 0.6 is 51.6 Å². The molecule has 0 aromatic heterocycles. The van der Waals surface area contributed by atoms with E-state index in [0.717, 1.165) is 38.5 Å². The maximum absolute atomic E-state index is 11.1. The van der Waals surface area contributed by atoms with E-state index < -0.39 is 30.7 Å². The number of methoxy groups -OCH3 is 1. The minimum Gasteiger partial charge on any atom is -0.388 e. The summed E-state index contributed by atoms with van der Waals surface area (Å²) in [6.07, 6.45) is 5.20. The SMILES string of the molecule is COCOC[C@@H](O)[C@H]1C[C@@H](C)C2C(O1)[C@H](OS)[C@@]1(C)[C@@H]3CC[C@H]4C(C)(C)[C@@H](OC5OC[C@@H](OS)[C@H](OS)[C@H]5OS)CC[C@@]45C[C@@]35CC[C@]21C. The molecule has 10 nitrogen and oxygen atoms in total. The first-order chi connectivity index (χ1) is 23.3. The summed E-state index contributed by atoms with van der Waals surface area (Å²) >= 11 is 16.8. The lowest BCUT2D eigenvalue weighted by Gasteiger charge is -2.64. The summed E-state index contributed by atoms with van der Waals surface area (Å²) in [5.41, 5.74) is 0.380. The number of aliphatic hydroxyl groups excluding tert-OH is 1. The number of ether oxygens (including phenoxy) is 5. The molecule has 17 atom stereocenters. The summed E-state index contributed by atoms with van der Waals surface area (Å²) in [6, 6.07) is 0. The van der Waals surface area contributed by atoms with Crippen molar-refractivity contribution in [3.05, 3.63) is 0 Å². The van der Waals surface area contributed by atoms with Gasteiger partial charge in [-0.2, -0.15) is 0 Å². The fourth-order valence-electron chi connectivity index (χ4n) is 13.7. The molecular weight excluding hydrogens is 709 g/mol. The number of hydrogen-bond donors (Lipinski definition) is 5. The molecular formula is C35H58O10S4. The summed E-state index contributed by atoms with van der Waals surface area (Å²) in [7, 11) is 1.59. The minimum atomic E-state index is -0.724. The molecule has 2 heterocycles. The molecule has 0 amide bonds. The summed E-state index contributed by atoms with van der Waals surface area (Å²) in [5.74, 6) is 1.73. The molecule has 49 heavy (non-hydrogen) atoms. The second kappa shape index (κ2) is 13.9. The third kappa shape index (κ3) is 5.44. The van der Waals surface area contributed by atoms with Crippen molar-refractivity contribution in [1.29, 1.82) is 0 Å². The maximum atomic E-state index is 11.1. The second-order valence-corrected chi connectivity index (χ2v) is 18.4. The van der Waals surface area contributed by atoms with E-state index in [9.17, 15) is 5.11 Å². The summed E-state index contributed by atoms with van der Waals surface area (Å²) in [6.45, 7) is 12.8. The Kier molecular flexibility index (Phi) is 10.9. The first-order valence-electron chi connectivity index (χ1n) is 18.2. The molecule has 2 saturated heterocycles. The van der Waals surface area contributed by atoms with Crippen LogP contribution in [0.5, 0.6) is 0 Å². The molecule has 1 N–H and O–H groups in total. The molecule has 2 spiro atoms. The van der Waals surface area contributed by atoms with Crippen LogP contribution < -0.4 is 0 Å². The Morgan fingerprint density at radius 1 is 0.878 bits per heavy atom. The summed E-state index contributed by atoms with van der Waals surface area (Å²) in [4.78, 5) is 0. The lowest BCUT2D eigenvalue weighted by Crippen LogP contribution is -2.61. The quantitative estimate of drug-likeness (QED) is 0.0560. The van der Waals surface area contributed by atoms with Crippen molar-refractivity contribution < 1.29 is 45.5 Å². The fourth-order valence-corrected chi connectivity index (χ4v) is 14.6. The van der Waals surface area contributed by atoms with E-state index in [1.165, 1.54) is 12.8 Å². The van der Waals surface area contributed by atoms with Crippen molar-refractivity contribution in [2.24, 2.45) is 50.7 Å². The molecule has 0 aromatic rings. The van der Waals surface area contributed by atoms with Crippen molar-refractivity contribution >= 4 is 51.6 Å². The largest absolute Gasteiger partial charge is 0.388 e. The zero-order valence-corrected chi connectivity index (χ0v) is 33.3. The molecule has 5 saturated carbocycles. The topological polar surface area (TPSA) is 103 Å². The highest BCUT2D eigenvalue weighted by atomic mass is 32.1. The van der Waals surface area contributed by atoms with Crippen molar-refractivity contribution in [3.8, 4) is 0 Å². The fraction of sp³-hybridized carbons (Fsp3) is 1.00. The van der Waals surface area contributed by atoms with Crippen LogP contribution in [0.2, 0.25) is 0 Å². The molecule has 7 fully saturated rings. The average molecular weight is 767 g/mol. The molecule has 0 radical (unpaired) electrons. The van der Waals surface area contributed by atoms with Gasteiger partial charge in [0, 0.05) is 12.5 Å². The van der Waals surface area contributed by atoms with E-state index in [1.807, 2.05) is 0 Å². The number of aliphatic hydroxyl groups is 1. The van der Waals surface area contributed by atoms with Crippen molar-refractivity contribution in [1.82, 2.24) is 0 Å². The van der Waals surface area contributed by atoms with Crippen LogP contribution in [0.15, 0.2) is 0 Å². The van der Waals surface area contributed by atoms with Gasteiger partial charge >= 0.3 is 0 Å². The molecule has 7 aliphatic rings. The van der Waals surface area contributed by atoms with Crippen LogP contribution in [0.1, 0.15) is 86.0 Å². The van der Waals surface area contributed by atoms with E-state index in [2.05, 4.69) is 86.3 Å². The summed E-state index contributed by atoms with van der Waals surface area (Å²) in [5, 5.41) is 11.1. The van der Waals surface area contributed by atoms with Gasteiger partial charge in [-0.25, -0.2) is 0 Å². The number of fused-ring (bicyclic) bond motifs is 4. The smallest absolute Gasteiger partial charge is 0.188 e. The molecule has 7 rings (SSSR count). The number of rotatable bonds is 11. The van der Waals surface area contributed by atoms with Gasteiger partial charge in [-0.15, -0.1) is 0 Å². The minimum absolute atomic E-state index is 0.0138. The van der Waals surface area contributed by atoms with Gasteiger partial charge < -0.3 is 45.5 Å². The Bertz CT molecular complexity index is 1200. The van der Waals surface area contributed by atoms with Crippen LogP contribution in [0.25, 0.3) is 0 Å². The molecule has 14 heteroatoms. The van der Waals surface area contributed by atoms with Crippen LogP contribution in [0.3, 0.4) is 0 Å². The average Bonchev–Trinajstić information content (AvgIpc) is 3.70. The van der Waals surface area contributed by atoms with Gasteiger partial charge in [-0.1, -0.05) is 34.6 Å². The maximum Gasteiger partial charge on any atom is 0.188 e. The third-order valence-electron chi connectivity index (χ3n) is 15.8. The highest BCUT2D eigenvalue weighted by Crippen LogP contribution is 2.89. The van der Waals surface area contributed by atoms with Crippen LogP contribution in [-0.2, 0) is 40.4 Å². The van der Waals surface area contributed by atoms with E-state index in [-0.39, 0.29) is 71.5 Å². The van der Waals surface area contributed by atoms with Crippen LogP contribution in [0.4, 0.5) is 0 Å². The Morgan fingerprint density at radius 2 is 1.59 bits per heavy atom. The van der Waals surface area contributed by atoms with Crippen molar-refractivity contribution in [2.45, 2.75) is 141 Å². The highest BCUT2D eigenvalue weighted by molar-refractivity contribution is 7.75. The van der Waals surface area contributed by atoms with E-state index >= 15 is 0 Å². The van der Waals surface area contributed by atoms with E-state index in [1.54, 1.807) is 7.11 Å². The van der Waals surface area contributed by atoms with Gasteiger partial charge in [0.05, 0.1) is 31.5 Å². The molecule has 0 aromatic carbocycles. The van der Waals surface area contributed by atoms with E-state index in [0.29, 0.717) is 23.7 Å². The molecule has 0 bridgehead atoms. The first kappa shape index (κ1) is 38.3. The second-order valence-electron chi connectivity index (χ2n) is 17.6. The number of thiol groups is 4. The van der Waals surface area contributed by atoms with Gasteiger partial charge in [0.2, 0.25) is 0 Å². The van der Waals surface area contributed by atoms with Gasteiger partial charge in [0.1, 0.15) is 31.2 Å². The lowest BCUT2D eigenvalue weighted by atomic mass is 9.41. The van der Waals surface area contributed by atoms with Crippen molar-refractivity contribution in [2.75, 3.05) is 27.1 Å². The standard InChI is InChI=1S/C35H58O10S4/c1-18-13-20(19(36)14-38-17-37-6)40-27-25(18)32(4)11-12-35-16-34(35)10-9-24(41-30-28(44-48)26(43-47)21(42-46)15-39-30)31(2,3)22(34)7-8-23(35)33(32,5)29(27)45-49/h18-30,36,46-49H,7-17H2,1-6H3/t18-,19-,20-,21-,22+,23+,24+,25?,26+,27?,28-,29+,30?,32-,33-,34-,35+/m1/s1. The monoisotopic (exact) mass is 766 g/mol. The lowest BCUT2D eigenvalue weighted by molar-refractivity contribution is -0.288. The molecule has 2 aliphatic heterocycles. The normalized spacial score (nSPS) is 53.4. The summed E-state index contributed by atoms with van der Waals surface area (Å²) < 4.78 is 52.9. The van der Waals surface area contributed by atoms with Gasteiger partial charge in [0.15, 0.2) is 12.4 Å². The van der Waals surface area contributed by atoms with Gasteiger partial charge in [-0.05, 0) is 148 Å². The zero-order valence-electron chi connectivity index (χ0n) is 29.7. The van der Waals surface area contributed by atoms with Gasteiger partial charge in [0.25, 0.3) is 0 Å². The third-order valence-corrected chi connectivity index (χ3v) is 16.8. The van der Waals surface area contributed by atoms with Crippen LogP contribution in [0, 0.1) is 50.7 Å². The predicted octanol–water partition coefficient (Wildman–Crippen LogP) is 6.08. The van der Waals surface area contributed by atoms with E-state index in [4.69, 9.17) is 40.4 Å². The van der Waals surface area contributed by atoms with Gasteiger partial charge in [-0.3, -0.25) is 0 Å². The van der Waals surface area contributed by atoms with Crippen LogP contribution in [-0.4, -0.2) is 87.3 Å². The Morgan fingerprint density at radius 3 is 2.27 bits per heavy atom. The Balaban J connectivity index is 1.12. The Labute approximate surface area is 314 Å². The number of hydrogen-bond acceptors (Lipinski definition) is 14.